The van der Waals surface area contributed by atoms with Crippen LogP contribution in [0.3, 0.4) is 0 Å². The number of carbonyl (C=O) groups excluding carboxylic acids is 1. The maximum atomic E-state index is 13.2. The molecule has 184 valence electrons. The predicted octanol–water partition coefficient (Wildman–Crippen LogP) is 6.20. The van der Waals surface area contributed by atoms with Gasteiger partial charge in [-0.15, -0.1) is 0 Å². The minimum atomic E-state index is -3.39. The Kier molecular flexibility index (Phi) is 7.91. The maximum absolute atomic E-state index is 13.2. The largest absolute Gasteiger partial charge is 0.334 e. The highest BCUT2D eigenvalue weighted by molar-refractivity contribution is 7.92. The van der Waals surface area contributed by atoms with Crippen LogP contribution < -0.4 is 10.6 Å². The smallest absolute Gasteiger partial charge is 0.319 e. The summed E-state index contributed by atoms with van der Waals surface area (Å²) < 4.78 is 26.5. The molecule has 35 heavy (non-hydrogen) atoms. The summed E-state index contributed by atoms with van der Waals surface area (Å²) in [7, 11) is -3.39. The van der Waals surface area contributed by atoms with E-state index in [0.29, 0.717) is 35.9 Å². The van der Waals surface area contributed by atoms with Crippen molar-refractivity contribution in [2.24, 2.45) is 5.92 Å². The van der Waals surface area contributed by atoms with Crippen molar-refractivity contribution < 1.29 is 13.2 Å². The van der Waals surface area contributed by atoms with E-state index in [9.17, 15) is 13.2 Å². The molecule has 0 aliphatic heterocycles. The van der Waals surface area contributed by atoms with Crippen molar-refractivity contribution in [1.29, 1.82) is 0 Å². The van der Waals surface area contributed by atoms with Gasteiger partial charge in [-0.1, -0.05) is 54.1 Å². The van der Waals surface area contributed by atoms with Crippen LogP contribution in [0.25, 0.3) is 0 Å². The van der Waals surface area contributed by atoms with Gasteiger partial charge in [0.25, 0.3) is 0 Å². The summed E-state index contributed by atoms with van der Waals surface area (Å²) in [6.45, 7) is 4.69. The van der Waals surface area contributed by atoms with Crippen molar-refractivity contribution in [1.82, 2.24) is 5.32 Å². The molecule has 6 heteroatoms. The number of anilines is 1. The van der Waals surface area contributed by atoms with Crippen LogP contribution in [0.1, 0.15) is 47.9 Å². The summed E-state index contributed by atoms with van der Waals surface area (Å²) in [4.78, 5) is 12.5. The Labute approximate surface area is 208 Å². The minimum Gasteiger partial charge on any atom is -0.334 e. The number of sulfone groups is 1. The molecule has 0 atom stereocenters. The van der Waals surface area contributed by atoms with Crippen molar-refractivity contribution >= 4 is 21.6 Å². The zero-order chi connectivity index (χ0) is 24.8. The van der Waals surface area contributed by atoms with E-state index in [1.165, 1.54) is 16.7 Å². The normalized spacial score (nSPS) is 18.1. The first kappa shape index (κ1) is 25.0. The molecule has 0 heterocycles. The van der Waals surface area contributed by atoms with Gasteiger partial charge in [0.2, 0.25) is 0 Å². The van der Waals surface area contributed by atoms with E-state index in [1.807, 2.05) is 30.3 Å². The molecular formula is C29H34N2O3S. The molecule has 0 unspecified atom stereocenters. The summed E-state index contributed by atoms with van der Waals surface area (Å²) >= 11 is 0. The van der Waals surface area contributed by atoms with Gasteiger partial charge in [0.1, 0.15) is 0 Å². The number of aryl methyl sites for hydroxylation is 2. The first-order chi connectivity index (χ1) is 16.8. The number of carbonyl (C=O) groups is 1. The number of rotatable bonds is 7. The molecule has 0 radical (unpaired) electrons. The molecule has 0 spiro atoms. The summed E-state index contributed by atoms with van der Waals surface area (Å²) in [6, 6.07) is 22.4. The molecule has 2 amide bonds. The van der Waals surface area contributed by atoms with Gasteiger partial charge in [-0.25, -0.2) is 13.2 Å². The Hall–Kier alpha value is -3.12. The highest BCUT2D eigenvalue weighted by Crippen LogP contribution is 2.34. The van der Waals surface area contributed by atoms with Crippen LogP contribution in [-0.4, -0.2) is 19.7 Å². The summed E-state index contributed by atoms with van der Waals surface area (Å²) in [6.07, 6.45) is 4.27. The Bertz CT molecular complexity index is 1250. The Morgan fingerprint density at radius 3 is 2.23 bits per heavy atom. The molecule has 1 aliphatic rings. The van der Waals surface area contributed by atoms with Gasteiger partial charge in [0.05, 0.1) is 10.1 Å². The van der Waals surface area contributed by atoms with Crippen LogP contribution in [0.4, 0.5) is 10.5 Å². The lowest BCUT2D eigenvalue weighted by Gasteiger charge is -2.29. The first-order valence-corrected chi connectivity index (χ1v) is 13.8. The van der Waals surface area contributed by atoms with Gasteiger partial charge in [-0.3, -0.25) is 0 Å². The lowest BCUT2D eigenvalue weighted by molar-refractivity contribution is 0.251. The topological polar surface area (TPSA) is 75.3 Å². The monoisotopic (exact) mass is 490 g/mol. The molecule has 1 aliphatic carbocycles. The van der Waals surface area contributed by atoms with E-state index in [2.05, 4.69) is 42.7 Å². The average Bonchev–Trinajstić information content (AvgIpc) is 2.86. The van der Waals surface area contributed by atoms with Crippen molar-refractivity contribution in [3.05, 3.63) is 95.1 Å². The van der Waals surface area contributed by atoms with E-state index < -0.39 is 9.84 Å². The van der Waals surface area contributed by atoms with Crippen molar-refractivity contribution in [3.8, 4) is 0 Å². The van der Waals surface area contributed by atoms with Gasteiger partial charge in [0, 0.05) is 12.2 Å². The average molecular weight is 491 g/mol. The minimum absolute atomic E-state index is 0.325. The number of nitrogens with one attached hydrogen (secondary N) is 2. The zero-order valence-electron chi connectivity index (χ0n) is 20.5. The van der Waals surface area contributed by atoms with Crippen molar-refractivity contribution in [3.63, 3.8) is 0 Å². The summed E-state index contributed by atoms with van der Waals surface area (Å²) in [5.74, 6) is 0.531. The molecule has 0 bridgehead atoms. The second kappa shape index (κ2) is 11.1. The second-order valence-electron chi connectivity index (χ2n) is 9.64. The molecule has 0 aromatic heterocycles. The SMILES string of the molecule is Cc1ccc(CC2CCC(S(=O)(=O)c3ccc(NC(=O)NCc4ccccc4)cc3)CC2)c(C)c1. The lowest BCUT2D eigenvalue weighted by Crippen LogP contribution is -2.28. The Morgan fingerprint density at radius 1 is 0.886 bits per heavy atom. The van der Waals surface area contributed by atoms with Crippen LogP contribution in [-0.2, 0) is 22.8 Å². The summed E-state index contributed by atoms with van der Waals surface area (Å²) in [5.41, 5.74) is 5.54. The van der Waals surface area contributed by atoms with E-state index in [1.54, 1.807) is 24.3 Å². The molecule has 1 fully saturated rings. The highest BCUT2D eigenvalue weighted by atomic mass is 32.2. The van der Waals surface area contributed by atoms with Crippen LogP contribution in [0.2, 0.25) is 0 Å². The number of benzene rings is 3. The van der Waals surface area contributed by atoms with Crippen molar-refractivity contribution in [2.75, 3.05) is 5.32 Å². The van der Waals surface area contributed by atoms with E-state index in [-0.39, 0.29) is 11.3 Å². The van der Waals surface area contributed by atoms with E-state index >= 15 is 0 Å². The molecular weight excluding hydrogens is 456 g/mol. The van der Waals surface area contributed by atoms with Gasteiger partial charge in [0.15, 0.2) is 9.84 Å². The molecule has 0 saturated heterocycles. The van der Waals surface area contributed by atoms with Gasteiger partial charge >= 0.3 is 6.03 Å². The van der Waals surface area contributed by atoms with E-state index in [0.717, 1.165) is 24.8 Å². The van der Waals surface area contributed by atoms with Gasteiger partial charge < -0.3 is 10.6 Å². The summed E-state index contributed by atoms with van der Waals surface area (Å²) in [5, 5.41) is 5.22. The number of amides is 2. The lowest BCUT2D eigenvalue weighted by atomic mass is 9.83. The second-order valence-corrected chi connectivity index (χ2v) is 11.9. The highest BCUT2D eigenvalue weighted by Gasteiger charge is 2.32. The quantitative estimate of drug-likeness (QED) is 0.414. The van der Waals surface area contributed by atoms with Crippen LogP contribution >= 0.6 is 0 Å². The molecule has 2 N–H and O–H groups in total. The number of hydrogen-bond acceptors (Lipinski definition) is 3. The molecule has 3 aromatic rings. The predicted molar refractivity (Wildman–Crippen MR) is 141 cm³/mol. The number of urea groups is 1. The van der Waals surface area contributed by atoms with Gasteiger partial charge in [-0.05, 0) is 92.8 Å². The molecule has 1 saturated carbocycles. The Balaban J connectivity index is 1.29. The molecule has 5 nitrogen and oxygen atoms in total. The molecule has 3 aromatic carbocycles. The standard InChI is InChI=1S/C29H34N2O3S/c1-21-8-11-25(22(2)18-21)19-23-9-14-27(15-10-23)35(33,34)28-16-12-26(13-17-28)31-29(32)30-20-24-6-4-3-5-7-24/h3-8,11-13,16-18,23,27H,9-10,14-15,19-20H2,1-2H3,(H2,30,31,32). The van der Waals surface area contributed by atoms with Crippen LogP contribution in [0.5, 0.6) is 0 Å². The van der Waals surface area contributed by atoms with Crippen LogP contribution in [0, 0.1) is 19.8 Å². The molecule has 4 rings (SSSR count). The first-order valence-electron chi connectivity index (χ1n) is 12.3. The van der Waals surface area contributed by atoms with Crippen molar-refractivity contribution in [2.45, 2.75) is 62.6 Å². The fraction of sp³-hybridized carbons (Fsp3) is 0.345. The maximum Gasteiger partial charge on any atom is 0.319 e. The van der Waals surface area contributed by atoms with E-state index in [4.69, 9.17) is 0 Å². The third-order valence-electron chi connectivity index (χ3n) is 6.98. The van der Waals surface area contributed by atoms with Crippen LogP contribution in [0.15, 0.2) is 77.7 Å². The van der Waals surface area contributed by atoms with Gasteiger partial charge in [-0.2, -0.15) is 0 Å². The fourth-order valence-corrected chi connectivity index (χ4v) is 6.70. The third-order valence-corrected chi connectivity index (χ3v) is 9.25. The third kappa shape index (κ3) is 6.51. The Morgan fingerprint density at radius 2 is 1.57 bits per heavy atom. The number of hydrogen-bond donors (Lipinski definition) is 2. The zero-order valence-corrected chi connectivity index (χ0v) is 21.3. The fourth-order valence-electron chi connectivity index (χ4n) is 4.91.